The zero-order valence-electron chi connectivity index (χ0n) is 15.8. The van der Waals surface area contributed by atoms with Crippen LogP contribution in [0.2, 0.25) is 0 Å². The summed E-state index contributed by atoms with van der Waals surface area (Å²) in [4.78, 5) is 39.4. The predicted molar refractivity (Wildman–Crippen MR) is 105 cm³/mol. The molecule has 3 rings (SSSR count). The first kappa shape index (κ1) is 19.3. The maximum absolute atomic E-state index is 13.0. The lowest BCUT2D eigenvalue weighted by Gasteiger charge is -2.21. The van der Waals surface area contributed by atoms with Crippen LogP contribution in [-0.4, -0.2) is 40.1 Å². The van der Waals surface area contributed by atoms with Gasteiger partial charge in [-0.2, -0.15) is 0 Å². The van der Waals surface area contributed by atoms with Gasteiger partial charge in [0.05, 0.1) is 10.5 Å². The molecule has 7 nitrogen and oxygen atoms in total. The minimum absolute atomic E-state index is 0.0641. The smallest absolute Gasteiger partial charge is 0.277 e. The van der Waals surface area contributed by atoms with E-state index in [-0.39, 0.29) is 23.1 Å². The number of nitro benzene ring substituents is 1. The molecule has 0 N–H and O–H groups in total. The highest BCUT2D eigenvalue weighted by molar-refractivity contribution is 6.35. The van der Waals surface area contributed by atoms with Gasteiger partial charge in [-0.3, -0.25) is 24.6 Å². The first-order valence-electron chi connectivity index (χ1n) is 9.04. The Hall–Kier alpha value is -3.48. The Kier molecular flexibility index (Phi) is 5.54. The average molecular weight is 379 g/mol. The largest absolute Gasteiger partial charge is 0.365 e. The molecular weight excluding hydrogens is 358 g/mol. The van der Waals surface area contributed by atoms with Gasteiger partial charge in [0.15, 0.2) is 0 Å². The molecular formula is C21H21N3O4. The summed E-state index contributed by atoms with van der Waals surface area (Å²) in [6.45, 7) is 2.69. The van der Waals surface area contributed by atoms with E-state index in [1.54, 1.807) is 11.9 Å². The lowest BCUT2D eigenvalue weighted by atomic mass is 10.0. The Morgan fingerprint density at radius 1 is 1.00 bits per heavy atom. The van der Waals surface area contributed by atoms with Crippen LogP contribution in [0.1, 0.15) is 24.5 Å². The van der Waals surface area contributed by atoms with Gasteiger partial charge in [0.1, 0.15) is 5.70 Å². The quantitative estimate of drug-likeness (QED) is 0.419. The lowest BCUT2D eigenvalue weighted by Crippen LogP contribution is -2.34. The van der Waals surface area contributed by atoms with E-state index in [2.05, 4.69) is 0 Å². The first-order valence-corrected chi connectivity index (χ1v) is 9.04. The molecule has 0 bridgehead atoms. The van der Waals surface area contributed by atoms with Gasteiger partial charge < -0.3 is 4.90 Å². The molecule has 7 heteroatoms. The lowest BCUT2D eigenvalue weighted by molar-refractivity contribution is -0.384. The number of rotatable bonds is 7. The van der Waals surface area contributed by atoms with Crippen molar-refractivity contribution in [3.63, 3.8) is 0 Å². The Morgan fingerprint density at radius 2 is 1.64 bits per heavy atom. The number of hydrogen-bond donors (Lipinski definition) is 0. The van der Waals surface area contributed by atoms with E-state index in [1.165, 1.54) is 29.2 Å². The van der Waals surface area contributed by atoms with Crippen molar-refractivity contribution in [3.05, 3.63) is 81.5 Å². The van der Waals surface area contributed by atoms with Gasteiger partial charge in [-0.25, -0.2) is 0 Å². The summed E-state index contributed by atoms with van der Waals surface area (Å²) < 4.78 is 0. The third-order valence-corrected chi connectivity index (χ3v) is 4.60. The standard InChI is InChI=1S/C21H21N3O4/c1-3-13-23-20(25)18(16-9-11-17(12-10-16)24(27)28)19(21(23)26)22(2)14-15-7-5-4-6-8-15/h4-12H,3,13-14H2,1-2H3. The number of imide groups is 1. The number of nitrogens with zero attached hydrogens (tertiary/aromatic N) is 3. The number of likely N-dealkylation sites (N-methyl/N-ethyl adjacent to an activating group) is 1. The molecule has 2 amide bonds. The second-order valence-electron chi connectivity index (χ2n) is 6.63. The van der Waals surface area contributed by atoms with E-state index in [1.807, 2.05) is 37.3 Å². The fourth-order valence-electron chi connectivity index (χ4n) is 3.29. The Balaban J connectivity index is 2.03. The topological polar surface area (TPSA) is 83.8 Å². The first-order chi connectivity index (χ1) is 13.4. The van der Waals surface area contributed by atoms with Gasteiger partial charge in [0.2, 0.25) is 0 Å². The van der Waals surface area contributed by atoms with Crippen molar-refractivity contribution in [1.29, 1.82) is 0 Å². The third-order valence-electron chi connectivity index (χ3n) is 4.60. The summed E-state index contributed by atoms with van der Waals surface area (Å²) in [6, 6.07) is 15.4. The molecule has 0 aliphatic carbocycles. The number of nitro groups is 1. The molecule has 1 heterocycles. The molecule has 0 saturated heterocycles. The molecule has 1 aliphatic rings. The Morgan fingerprint density at radius 3 is 2.21 bits per heavy atom. The maximum atomic E-state index is 13.0. The van der Waals surface area contributed by atoms with E-state index in [4.69, 9.17) is 0 Å². The van der Waals surface area contributed by atoms with Crippen LogP contribution in [0.15, 0.2) is 60.3 Å². The fourth-order valence-corrected chi connectivity index (χ4v) is 3.29. The average Bonchev–Trinajstić information content (AvgIpc) is 2.94. The second kappa shape index (κ2) is 8.04. The van der Waals surface area contributed by atoms with Gasteiger partial charge in [0, 0.05) is 32.3 Å². The molecule has 28 heavy (non-hydrogen) atoms. The van der Waals surface area contributed by atoms with Crippen molar-refractivity contribution in [1.82, 2.24) is 9.80 Å². The molecule has 2 aromatic carbocycles. The summed E-state index contributed by atoms with van der Waals surface area (Å²) in [5.74, 6) is -0.700. The molecule has 0 saturated carbocycles. The van der Waals surface area contributed by atoms with Crippen LogP contribution in [0.4, 0.5) is 5.69 Å². The molecule has 1 aliphatic heterocycles. The third kappa shape index (κ3) is 3.64. The minimum Gasteiger partial charge on any atom is -0.365 e. The van der Waals surface area contributed by atoms with Crippen molar-refractivity contribution in [2.24, 2.45) is 0 Å². The van der Waals surface area contributed by atoms with Gasteiger partial charge in [-0.1, -0.05) is 37.3 Å². The zero-order valence-corrected chi connectivity index (χ0v) is 15.8. The fraction of sp³-hybridized carbons (Fsp3) is 0.238. The minimum atomic E-state index is -0.494. The van der Waals surface area contributed by atoms with E-state index in [0.717, 1.165) is 5.56 Å². The van der Waals surface area contributed by atoms with Crippen LogP contribution >= 0.6 is 0 Å². The predicted octanol–water partition coefficient (Wildman–Crippen LogP) is 3.22. The number of non-ortho nitro benzene ring substituents is 1. The molecule has 2 aromatic rings. The van der Waals surface area contributed by atoms with E-state index in [0.29, 0.717) is 30.8 Å². The van der Waals surface area contributed by atoms with Crippen LogP contribution in [0.5, 0.6) is 0 Å². The maximum Gasteiger partial charge on any atom is 0.277 e. The Bertz CT molecular complexity index is 936. The van der Waals surface area contributed by atoms with Crippen molar-refractivity contribution in [3.8, 4) is 0 Å². The van der Waals surface area contributed by atoms with E-state index < -0.39 is 4.92 Å². The van der Waals surface area contributed by atoms with Crippen molar-refractivity contribution < 1.29 is 14.5 Å². The highest BCUT2D eigenvalue weighted by Crippen LogP contribution is 2.32. The van der Waals surface area contributed by atoms with Crippen LogP contribution in [0, 0.1) is 10.1 Å². The van der Waals surface area contributed by atoms with Gasteiger partial charge in [-0.15, -0.1) is 0 Å². The highest BCUT2D eigenvalue weighted by Gasteiger charge is 2.40. The van der Waals surface area contributed by atoms with Gasteiger partial charge >= 0.3 is 0 Å². The summed E-state index contributed by atoms with van der Waals surface area (Å²) >= 11 is 0. The number of carbonyl (C=O) groups excluding carboxylic acids is 2. The number of carbonyl (C=O) groups is 2. The molecule has 0 unspecified atom stereocenters. The van der Waals surface area contributed by atoms with Gasteiger partial charge in [0.25, 0.3) is 17.5 Å². The summed E-state index contributed by atoms with van der Waals surface area (Å²) in [6.07, 6.45) is 0.653. The second-order valence-corrected chi connectivity index (χ2v) is 6.63. The van der Waals surface area contributed by atoms with Crippen molar-refractivity contribution in [2.75, 3.05) is 13.6 Å². The molecule has 0 atom stereocenters. The molecule has 144 valence electrons. The Labute approximate surface area is 163 Å². The molecule has 0 fully saturated rings. The monoisotopic (exact) mass is 379 g/mol. The summed E-state index contributed by atoms with van der Waals surface area (Å²) in [5, 5.41) is 10.9. The zero-order chi connectivity index (χ0) is 20.3. The number of benzene rings is 2. The molecule has 0 aromatic heterocycles. The summed E-state index contributed by atoms with van der Waals surface area (Å²) in [7, 11) is 1.77. The van der Waals surface area contributed by atoms with Crippen molar-refractivity contribution in [2.45, 2.75) is 19.9 Å². The SMILES string of the molecule is CCCN1C(=O)C(c2ccc([N+](=O)[O-])cc2)=C(N(C)Cc2ccccc2)C1=O. The van der Waals surface area contributed by atoms with Crippen LogP contribution in [0.3, 0.4) is 0 Å². The normalized spacial score (nSPS) is 14.0. The molecule has 0 spiro atoms. The highest BCUT2D eigenvalue weighted by atomic mass is 16.6. The van der Waals surface area contributed by atoms with Gasteiger partial charge in [-0.05, 0) is 29.7 Å². The van der Waals surface area contributed by atoms with Crippen LogP contribution in [-0.2, 0) is 16.1 Å². The van der Waals surface area contributed by atoms with E-state index in [9.17, 15) is 19.7 Å². The number of hydrogen-bond acceptors (Lipinski definition) is 5. The summed E-state index contributed by atoms with van der Waals surface area (Å²) in [5.41, 5.74) is 2.04. The van der Waals surface area contributed by atoms with Crippen LogP contribution in [0.25, 0.3) is 5.57 Å². The number of amides is 2. The molecule has 0 radical (unpaired) electrons. The van der Waals surface area contributed by atoms with Crippen LogP contribution < -0.4 is 0 Å². The van der Waals surface area contributed by atoms with Crippen molar-refractivity contribution >= 4 is 23.1 Å². The van der Waals surface area contributed by atoms with E-state index >= 15 is 0 Å².